The van der Waals surface area contributed by atoms with Gasteiger partial charge < -0.3 is 29.5 Å². The number of carboxylic acids is 1. The number of methoxy groups -OCH3 is 1. The van der Waals surface area contributed by atoms with Gasteiger partial charge in [0.15, 0.2) is 6.10 Å². The summed E-state index contributed by atoms with van der Waals surface area (Å²) in [5.41, 5.74) is 2.53. The van der Waals surface area contributed by atoms with E-state index in [9.17, 15) is 14.7 Å². The molecule has 0 aliphatic carbocycles. The minimum Gasteiger partial charge on any atom is -0.495 e. The summed E-state index contributed by atoms with van der Waals surface area (Å²) >= 11 is 0. The zero-order valence-corrected chi connectivity index (χ0v) is 23.5. The van der Waals surface area contributed by atoms with Crippen molar-refractivity contribution in [1.82, 2.24) is 4.90 Å². The van der Waals surface area contributed by atoms with Crippen LogP contribution < -0.4 is 14.8 Å². The van der Waals surface area contributed by atoms with Gasteiger partial charge >= 0.3 is 12.0 Å². The van der Waals surface area contributed by atoms with Gasteiger partial charge in [0.25, 0.3) is 0 Å². The monoisotopic (exact) mass is 528 g/mol. The third kappa shape index (κ3) is 10.2. The lowest BCUT2D eigenvalue weighted by atomic mass is 9.98. The summed E-state index contributed by atoms with van der Waals surface area (Å²) in [7, 11) is 1.59. The molecular weight excluding hydrogens is 484 g/mol. The Kier molecular flexibility index (Phi) is 13.5. The number of hydrogen-bond acceptors (Lipinski definition) is 5. The number of urea groups is 1. The maximum atomic E-state index is 13.4. The zero-order valence-electron chi connectivity index (χ0n) is 23.5. The van der Waals surface area contributed by atoms with Crippen LogP contribution in [0, 0.1) is 12.8 Å². The van der Waals surface area contributed by atoms with Crippen LogP contribution in [0.4, 0.5) is 10.5 Å². The number of carbonyl (C=O) groups is 2. The van der Waals surface area contributed by atoms with Crippen molar-refractivity contribution in [2.75, 3.05) is 38.7 Å². The number of ether oxygens (including phenoxy) is 3. The molecule has 2 aromatic carbocycles. The number of aliphatic carboxylic acids is 1. The fourth-order valence-corrected chi connectivity index (χ4v) is 4.47. The summed E-state index contributed by atoms with van der Waals surface area (Å²) in [6.07, 6.45) is 3.68. The van der Waals surface area contributed by atoms with Crippen molar-refractivity contribution in [3.63, 3.8) is 0 Å². The molecule has 0 aliphatic rings. The van der Waals surface area contributed by atoms with Crippen LogP contribution in [0.1, 0.15) is 57.6 Å². The number of aryl methyl sites for hydroxylation is 1. The van der Waals surface area contributed by atoms with Gasteiger partial charge in [-0.05, 0) is 68.0 Å². The number of benzene rings is 2. The molecule has 38 heavy (non-hydrogen) atoms. The van der Waals surface area contributed by atoms with Crippen LogP contribution >= 0.6 is 0 Å². The van der Waals surface area contributed by atoms with Gasteiger partial charge in [-0.3, -0.25) is 0 Å². The van der Waals surface area contributed by atoms with E-state index in [2.05, 4.69) is 19.2 Å². The fourth-order valence-electron chi connectivity index (χ4n) is 4.47. The molecule has 2 amide bonds. The smallest absolute Gasteiger partial charge is 0.333 e. The first kappa shape index (κ1) is 31.0. The van der Waals surface area contributed by atoms with Gasteiger partial charge in [-0.15, -0.1) is 0 Å². The fraction of sp³-hybridized carbons (Fsp3) is 0.533. The van der Waals surface area contributed by atoms with Gasteiger partial charge in [0.05, 0.1) is 19.3 Å². The summed E-state index contributed by atoms with van der Waals surface area (Å²) in [5.74, 6) is 0.727. The number of nitrogens with one attached hydrogen (secondary N) is 1. The number of hydrogen-bond donors (Lipinski definition) is 2. The first-order valence-corrected chi connectivity index (χ1v) is 13.6. The van der Waals surface area contributed by atoms with Crippen molar-refractivity contribution < 1.29 is 28.9 Å². The summed E-state index contributed by atoms with van der Waals surface area (Å²) in [4.78, 5) is 26.6. The summed E-state index contributed by atoms with van der Waals surface area (Å²) in [6, 6.07) is 12.9. The molecule has 0 fully saturated rings. The number of rotatable bonds is 17. The predicted octanol–water partition coefficient (Wildman–Crippen LogP) is 6.17. The van der Waals surface area contributed by atoms with Crippen molar-refractivity contribution in [2.24, 2.45) is 5.92 Å². The Balaban J connectivity index is 2.06. The highest BCUT2D eigenvalue weighted by molar-refractivity contribution is 5.91. The molecule has 2 N–H and O–H groups in total. The van der Waals surface area contributed by atoms with E-state index in [0.717, 1.165) is 36.8 Å². The molecule has 8 heteroatoms. The molecule has 0 aliphatic heterocycles. The molecule has 0 heterocycles. The van der Waals surface area contributed by atoms with Crippen LogP contribution in [0.3, 0.4) is 0 Å². The average Bonchev–Trinajstić information content (AvgIpc) is 2.89. The highest BCUT2D eigenvalue weighted by atomic mass is 16.5. The first-order valence-electron chi connectivity index (χ1n) is 13.6. The largest absolute Gasteiger partial charge is 0.495 e. The number of amides is 2. The van der Waals surface area contributed by atoms with Gasteiger partial charge in [0.1, 0.15) is 18.1 Å². The van der Waals surface area contributed by atoms with Crippen LogP contribution in [0.25, 0.3) is 0 Å². The lowest BCUT2D eigenvalue weighted by Gasteiger charge is -2.28. The third-order valence-electron chi connectivity index (χ3n) is 6.37. The Bertz CT molecular complexity index is 989. The third-order valence-corrected chi connectivity index (χ3v) is 6.37. The summed E-state index contributed by atoms with van der Waals surface area (Å²) in [6.45, 7) is 9.85. The molecule has 1 unspecified atom stereocenters. The van der Waals surface area contributed by atoms with Crippen LogP contribution in [-0.4, -0.2) is 61.5 Å². The lowest BCUT2D eigenvalue weighted by Crippen LogP contribution is -2.41. The molecule has 1 atom stereocenters. The number of carboxylic acid groups (broad SMARTS) is 1. The molecule has 0 bridgehead atoms. The Labute approximate surface area is 227 Å². The maximum Gasteiger partial charge on any atom is 0.333 e. The van der Waals surface area contributed by atoms with Crippen molar-refractivity contribution in [1.29, 1.82) is 0 Å². The van der Waals surface area contributed by atoms with E-state index in [1.807, 2.05) is 54.3 Å². The second-order valence-corrected chi connectivity index (χ2v) is 9.50. The SMILES string of the molecule is CCCC(CCC)CN(CCOc1ccc(CC(OCC)C(=O)O)cc1)C(=O)Nc1cc(C)ccc1OC. The van der Waals surface area contributed by atoms with Crippen molar-refractivity contribution in [3.05, 3.63) is 53.6 Å². The number of anilines is 1. The number of carbonyl (C=O) groups excluding carboxylic acids is 1. The number of nitrogens with zero attached hydrogens (tertiary/aromatic N) is 1. The zero-order chi connectivity index (χ0) is 27.9. The van der Waals surface area contributed by atoms with Crippen LogP contribution in [-0.2, 0) is 16.0 Å². The maximum absolute atomic E-state index is 13.4. The van der Waals surface area contributed by atoms with Crippen molar-refractivity contribution in [3.8, 4) is 11.5 Å². The quantitative estimate of drug-likeness (QED) is 0.255. The highest BCUT2D eigenvalue weighted by Crippen LogP contribution is 2.26. The molecule has 210 valence electrons. The normalized spacial score (nSPS) is 11.7. The van der Waals surface area contributed by atoms with Crippen molar-refractivity contribution in [2.45, 2.75) is 65.9 Å². The van der Waals surface area contributed by atoms with Crippen LogP contribution in [0.2, 0.25) is 0 Å². The molecule has 0 saturated heterocycles. The summed E-state index contributed by atoms with van der Waals surface area (Å²) < 4.78 is 16.7. The van der Waals surface area contributed by atoms with E-state index in [1.165, 1.54) is 0 Å². The Morgan fingerprint density at radius 3 is 2.29 bits per heavy atom. The minimum atomic E-state index is -0.974. The van der Waals surface area contributed by atoms with Gasteiger partial charge in [0, 0.05) is 19.6 Å². The highest BCUT2D eigenvalue weighted by Gasteiger charge is 2.21. The average molecular weight is 529 g/mol. The molecule has 0 spiro atoms. The Morgan fingerprint density at radius 2 is 1.71 bits per heavy atom. The molecule has 0 aromatic heterocycles. The Hall–Kier alpha value is -3.26. The minimum absolute atomic E-state index is 0.180. The van der Waals surface area contributed by atoms with E-state index >= 15 is 0 Å². The van der Waals surface area contributed by atoms with E-state index < -0.39 is 12.1 Å². The summed E-state index contributed by atoms with van der Waals surface area (Å²) in [5, 5.41) is 12.3. The van der Waals surface area contributed by atoms with Gasteiger partial charge in [-0.1, -0.05) is 44.9 Å². The second-order valence-electron chi connectivity index (χ2n) is 9.50. The Morgan fingerprint density at radius 1 is 1.03 bits per heavy atom. The topological polar surface area (TPSA) is 97.3 Å². The molecule has 2 aromatic rings. The second kappa shape index (κ2) is 16.6. The molecule has 0 radical (unpaired) electrons. The molecular formula is C30H44N2O6. The first-order chi connectivity index (χ1) is 18.3. The van der Waals surface area contributed by atoms with Gasteiger partial charge in [0.2, 0.25) is 0 Å². The van der Waals surface area contributed by atoms with E-state index in [0.29, 0.717) is 49.4 Å². The molecule has 8 nitrogen and oxygen atoms in total. The predicted molar refractivity (Wildman–Crippen MR) is 150 cm³/mol. The standard InChI is InChI=1S/C30H44N2O6/c1-6-9-24(10-7-2)21-32(30(35)31-26-19-22(4)11-16-27(26)36-5)17-18-38-25-14-12-23(13-15-25)20-28(29(33)34)37-8-3/h11-16,19,24,28H,6-10,17-18,20-21H2,1-5H3,(H,31,35)(H,33,34). The van der Waals surface area contributed by atoms with Gasteiger partial charge in [-0.2, -0.15) is 0 Å². The van der Waals surface area contributed by atoms with Crippen LogP contribution in [0.5, 0.6) is 11.5 Å². The van der Waals surface area contributed by atoms with Gasteiger partial charge in [-0.25, -0.2) is 9.59 Å². The van der Waals surface area contributed by atoms with E-state index in [1.54, 1.807) is 14.0 Å². The van der Waals surface area contributed by atoms with Crippen molar-refractivity contribution >= 4 is 17.7 Å². The van der Waals surface area contributed by atoms with E-state index in [-0.39, 0.29) is 12.5 Å². The molecule has 2 rings (SSSR count). The molecule has 0 saturated carbocycles. The van der Waals surface area contributed by atoms with Crippen LogP contribution in [0.15, 0.2) is 42.5 Å². The lowest BCUT2D eigenvalue weighted by molar-refractivity contribution is -0.149. The van der Waals surface area contributed by atoms with E-state index in [4.69, 9.17) is 14.2 Å².